The monoisotopic (exact) mass is 366 g/mol. The Labute approximate surface area is 156 Å². The quantitative estimate of drug-likeness (QED) is 0.749. The summed E-state index contributed by atoms with van der Waals surface area (Å²) in [5, 5.41) is 0.854. The average molecular weight is 367 g/mol. The molecule has 2 aliphatic rings. The highest BCUT2D eigenvalue weighted by Crippen LogP contribution is 2.34. The van der Waals surface area contributed by atoms with Crippen LogP contribution in [0, 0.1) is 0 Å². The van der Waals surface area contributed by atoms with Crippen molar-refractivity contribution in [2.24, 2.45) is 0 Å². The van der Waals surface area contributed by atoms with Gasteiger partial charge in [0.2, 0.25) is 0 Å². The Morgan fingerprint density at radius 1 is 1.23 bits per heavy atom. The maximum atomic E-state index is 12.7. The second kappa shape index (κ2) is 6.32. The first-order chi connectivity index (χ1) is 12.7. The summed E-state index contributed by atoms with van der Waals surface area (Å²) in [7, 11) is 2.23. The van der Waals surface area contributed by atoms with Crippen molar-refractivity contribution in [3.63, 3.8) is 0 Å². The Kier molecular flexibility index (Phi) is 3.94. The van der Waals surface area contributed by atoms with Crippen LogP contribution >= 0.6 is 11.3 Å². The highest BCUT2D eigenvalue weighted by molar-refractivity contribution is 7.18. The molecule has 2 aliphatic carbocycles. The summed E-state index contributed by atoms with van der Waals surface area (Å²) < 4.78 is 0. The topological polar surface area (TPSA) is 50.2 Å². The van der Waals surface area contributed by atoms with Gasteiger partial charge in [0.05, 0.1) is 12.4 Å². The number of hydrogen-bond acceptors (Lipinski definition) is 3. The van der Waals surface area contributed by atoms with Gasteiger partial charge in [0.1, 0.15) is 17.4 Å². The van der Waals surface area contributed by atoms with E-state index < -0.39 is 0 Å². The molecule has 2 aromatic heterocycles. The summed E-state index contributed by atoms with van der Waals surface area (Å²) in [6, 6.07) is 9.29. The molecule has 0 radical (unpaired) electrons. The molecule has 0 amide bonds. The Morgan fingerprint density at radius 3 is 3.04 bits per heavy atom. The number of thiophene rings is 1. The van der Waals surface area contributed by atoms with Crippen LogP contribution in [0.1, 0.15) is 52.7 Å². The van der Waals surface area contributed by atoms with Crippen molar-refractivity contribution in [1.29, 1.82) is 0 Å². The van der Waals surface area contributed by atoms with Gasteiger partial charge in [-0.05, 0) is 43.2 Å². The van der Waals surface area contributed by atoms with E-state index in [1.165, 1.54) is 52.2 Å². The third-order valence-electron chi connectivity index (χ3n) is 6.03. The zero-order valence-corrected chi connectivity index (χ0v) is 15.9. The van der Waals surface area contributed by atoms with Crippen molar-refractivity contribution >= 4 is 21.6 Å². The molecule has 5 heteroatoms. The van der Waals surface area contributed by atoms with E-state index >= 15 is 0 Å². The van der Waals surface area contributed by atoms with Crippen LogP contribution in [-0.2, 0) is 25.8 Å². The predicted octanol–water partition coefficient (Wildman–Crippen LogP) is 2.57. The molecule has 2 atom stereocenters. The average Bonchev–Trinajstić information content (AvgIpc) is 3.21. The van der Waals surface area contributed by atoms with E-state index in [9.17, 15) is 4.79 Å². The largest absolute Gasteiger partial charge is 0.325 e. The summed E-state index contributed by atoms with van der Waals surface area (Å²) in [6.45, 7) is 0.757. The molecule has 0 aliphatic heterocycles. The van der Waals surface area contributed by atoms with E-state index in [-0.39, 0.29) is 5.56 Å². The van der Waals surface area contributed by atoms with Crippen molar-refractivity contribution < 1.29 is 4.90 Å². The number of nitrogens with one attached hydrogen (secondary N) is 2. The molecule has 4 nitrogen and oxygen atoms in total. The lowest BCUT2D eigenvalue weighted by atomic mass is 9.87. The minimum Gasteiger partial charge on any atom is -0.325 e. The third-order valence-corrected chi connectivity index (χ3v) is 7.22. The lowest BCUT2D eigenvalue weighted by Crippen LogP contribution is -3.08. The van der Waals surface area contributed by atoms with Crippen molar-refractivity contribution in [3.05, 3.63) is 62.0 Å². The number of benzene rings is 1. The molecular formula is C21H24N3OS+. The van der Waals surface area contributed by atoms with Crippen LogP contribution in [0.4, 0.5) is 0 Å². The Bertz CT molecular complexity index is 1040. The van der Waals surface area contributed by atoms with Gasteiger partial charge in [0.25, 0.3) is 5.56 Å². The van der Waals surface area contributed by atoms with Gasteiger partial charge in [-0.15, -0.1) is 11.3 Å². The molecule has 3 aromatic rings. The number of rotatable bonds is 3. The van der Waals surface area contributed by atoms with Gasteiger partial charge in [-0.25, -0.2) is 4.98 Å². The fraction of sp³-hybridized carbons (Fsp3) is 0.429. The van der Waals surface area contributed by atoms with Crippen LogP contribution in [0.25, 0.3) is 10.2 Å². The molecule has 0 saturated carbocycles. The molecule has 5 rings (SSSR count). The Balaban J connectivity index is 1.46. The lowest BCUT2D eigenvalue weighted by Gasteiger charge is -2.30. The van der Waals surface area contributed by atoms with Crippen LogP contribution in [-0.4, -0.2) is 17.0 Å². The number of quaternary nitrogens is 1. The van der Waals surface area contributed by atoms with Gasteiger partial charge < -0.3 is 9.88 Å². The van der Waals surface area contributed by atoms with Crippen molar-refractivity contribution in [1.82, 2.24) is 9.97 Å². The second-order valence-corrected chi connectivity index (χ2v) is 8.80. The molecule has 2 N–H and O–H groups in total. The van der Waals surface area contributed by atoms with Crippen molar-refractivity contribution in [2.75, 3.05) is 7.05 Å². The standard InChI is InChI=1S/C21H23N3OS/c1-24(16-10-4-7-13-6-2-3-8-14(13)16)12-18-22-20(25)19-15-9-5-11-17(15)26-21(19)23-18/h2-3,6,8,16H,4-5,7,9-12H2,1H3,(H,22,23,25)/p+1/t16-/m1/s1. The molecular weight excluding hydrogens is 342 g/mol. The van der Waals surface area contributed by atoms with Crippen molar-refractivity contribution in [2.45, 2.75) is 51.1 Å². The Morgan fingerprint density at radius 2 is 2.12 bits per heavy atom. The molecule has 0 saturated heterocycles. The van der Waals surface area contributed by atoms with Gasteiger partial charge in [-0.1, -0.05) is 24.3 Å². The zero-order chi connectivity index (χ0) is 17.7. The van der Waals surface area contributed by atoms with Crippen molar-refractivity contribution in [3.8, 4) is 0 Å². The SMILES string of the molecule is C[NH+](Cc1nc2sc3c(c2c(=O)[nH]1)CCC3)[C@@H]1CCCc2ccccc21. The number of nitrogens with zero attached hydrogens (tertiary/aromatic N) is 1. The highest BCUT2D eigenvalue weighted by atomic mass is 32.1. The first-order valence-corrected chi connectivity index (χ1v) is 10.5. The molecule has 2 heterocycles. The van der Waals surface area contributed by atoms with E-state index in [4.69, 9.17) is 4.98 Å². The minimum absolute atomic E-state index is 0.0567. The maximum Gasteiger partial charge on any atom is 0.260 e. The van der Waals surface area contributed by atoms with Crippen LogP contribution in [0.2, 0.25) is 0 Å². The summed E-state index contributed by atoms with van der Waals surface area (Å²) in [6.07, 6.45) is 6.93. The summed E-state index contributed by atoms with van der Waals surface area (Å²) in [5.74, 6) is 0.822. The van der Waals surface area contributed by atoms with E-state index in [0.717, 1.165) is 35.4 Å². The number of aromatic amines is 1. The van der Waals surface area contributed by atoms with Crippen LogP contribution in [0.5, 0.6) is 0 Å². The highest BCUT2D eigenvalue weighted by Gasteiger charge is 2.28. The van der Waals surface area contributed by atoms with E-state index in [0.29, 0.717) is 6.04 Å². The van der Waals surface area contributed by atoms with Gasteiger partial charge in [0, 0.05) is 16.9 Å². The number of aromatic nitrogens is 2. The lowest BCUT2D eigenvalue weighted by molar-refractivity contribution is -0.927. The van der Waals surface area contributed by atoms with E-state index in [1.54, 1.807) is 11.3 Å². The maximum absolute atomic E-state index is 12.7. The second-order valence-electron chi connectivity index (χ2n) is 7.72. The molecule has 1 unspecified atom stereocenters. The zero-order valence-electron chi connectivity index (χ0n) is 15.1. The summed E-state index contributed by atoms with van der Waals surface area (Å²) in [5.41, 5.74) is 4.26. The number of fused-ring (bicyclic) bond motifs is 4. The van der Waals surface area contributed by atoms with Gasteiger partial charge in [0.15, 0.2) is 5.82 Å². The first-order valence-electron chi connectivity index (χ1n) is 9.64. The van der Waals surface area contributed by atoms with Gasteiger partial charge in [-0.2, -0.15) is 0 Å². The summed E-state index contributed by atoms with van der Waals surface area (Å²) >= 11 is 1.73. The molecule has 0 spiro atoms. The fourth-order valence-corrected chi connectivity index (χ4v) is 6.06. The van der Waals surface area contributed by atoms with Crippen LogP contribution in [0.3, 0.4) is 0 Å². The minimum atomic E-state index is 0.0567. The third kappa shape index (κ3) is 2.61. The van der Waals surface area contributed by atoms with E-state index in [1.807, 2.05) is 0 Å². The smallest absolute Gasteiger partial charge is 0.260 e. The van der Waals surface area contributed by atoms with Crippen LogP contribution in [0.15, 0.2) is 29.1 Å². The van der Waals surface area contributed by atoms with E-state index in [2.05, 4.69) is 36.3 Å². The summed E-state index contributed by atoms with van der Waals surface area (Å²) in [4.78, 5) is 24.3. The first kappa shape index (κ1) is 16.2. The van der Waals surface area contributed by atoms with Gasteiger partial charge in [-0.3, -0.25) is 4.79 Å². The van der Waals surface area contributed by atoms with Crippen LogP contribution < -0.4 is 10.5 Å². The predicted molar refractivity (Wildman–Crippen MR) is 105 cm³/mol. The molecule has 134 valence electrons. The number of H-pyrrole nitrogens is 1. The molecule has 0 fully saturated rings. The molecule has 1 aromatic carbocycles. The number of hydrogen-bond donors (Lipinski definition) is 2. The number of aryl methyl sites for hydroxylation is 3. The Hall–Kier alpha value is -1.98. The normalized spacial score (nSPS) is 20.1. The van der Waals surface area contributed by atoms with Gasteiger partial charge >= 0.3 is 0 Å². The molecule has 0 bridgehead atoms. The molecule has 26 heavy (non-hydrogen) atoms. The fourth-order valence-electron chi connectivity index (χ4n) is 4.78.